The average Bonchev–Trinajstić information content (AvgIpc) is 3.16. The first-order valence-electron chi connectivity index (χ1n) is 9.13. The maximum atomic E-state index is 12.6. The highest BCUT2D eigenvalue weighted by molar-refractivity contribution is 6.04. The molecule has 0 aliphatic rings. The Morgan fingerprint density at radius 3 is 2.21 bits per heavy atom. The fraction of sp³-hybridized carbons (Fsp3) is 0.100. The van der Waals surface area contributed by atoms with E-state index in [1.165, 1.54) is 24.3 Å². The number of aromatic amines is 1. The first-order valence-corrected chi connectivity index (χ1v) is 9.13. The van der Waals surface area contributed by atoms with Gasteiger partial charge in [-0.15, -0.1) is 0 Å². The number of aromatic nitrogens is 2. The number of carboxylic acids is 1. The summed E-state index contributed by atoms with van der Waals surface area (Å²) < 4.78 is 42.9. The molecular weight excluding hydrogens is 447 g/mol. The molecule has 3 rings (SSSR count). The number of carbonyl (C=O) groups excluding carboxylic acids is 2. The molecule has 13 heteroatoms. The summed E-state index contributed by atoms with van der Waals surface area (Å²) in [7, 11) is 0. The number of carbonyl (C=O) groups is 3. The lowest BCUT2D eigenvalue weighted by Crippen LogP contribution is -2.22. The van der Waals surface area contributed by atoms with Crippen molar-refractivity contribution in [2.24, 2.45) is 5.73 Å². The molecule has 172 valence electrons. The standard InChI is InChI=1S/C20H16F3N5O5/c21-20(22,23)11-3-5-12(6-4-11)25-19(32)28-18-15(16(24)31)26-17(27-18)10-1-7-13(8-2-10)33-9-14(29)30/h1-8H,9H2,(H2,24,31)(H,26,27)(H,29,30)(H2,25,28,32). The first kappa shape index (κ1) is 23.1. The van der Waals surface area contributed by atoms with E-state index in [2.05, 4.69) is 20.6 Å². The molecule has 0 atom stereocenters. The number of amides is 3. The molecule has 0 saturated heterocycles. The molecule has 6 N–H and O–H groups in total. The third-order valence-corrected chi connectivity index (χ3v) is 4.14. The van der Waals surface area contributed by atoms with Crippen LogP contribution in [0.15, 0.2) is 48.5 Å². The predicted molar refractivity (Wildman–Crippen MR) is 110 cm³/mol. The number of anilines is 2. The van der Waals surface area contributed by atoms with Gasteiger partial charge in [0.1, 0.15) is 17.4 Å². The van der Waals surface area contributed by atoms with E-state index in [0.29, 0.717) is 5.56 Å². The summed E-state index contributed by atoms with van der Waals surface area (Å²) in [5.41, 5.74) is 4.71. The number of rotatable bonds is 7. The summed E-state index contributed by atoms with van der Waals surface area (Å²) in [6.07, 6.45) is -4.51. The molecule has 2 aromatic carbocycles. The largest absolute Gasteiger partial charge is 0.482 e. The zero-order valence-electron chi connectivity index (χ0n) is 16.6. The second kappa shape index (κ2) is 9.30. The summed E-state index contributed by atoms with van der Waals surface area (Å²) in [5.74, 6) is -1.76. The van der Waals surface area contributed by atoms with Crippen molar-refractivity contribution >= 4 is 29.4 Å². The molecule has 0 unspecified atom stereocenters. The van der Waals surface area contributed by atoms with Gasteiger partial charge in [0.2, 0.25) is 0 Å². The van der Waals surface area contributed by atoms with Crippen LogP contribution in [-0.2, 0) is 11.0 Å². The van der Waals surface area contributed by atoms with Crippen LogP contribution in [0.5, 0.6) is 5.75 Å². The predicted octanol–water partition coefficient (Wildman–Crippen LogP) is 3.30. The molecule has 0 aliphatic heterocycles. The number of imidazole rings is 1. The van der Waals surface area contributed by atoms with Gasteiger partial charge in [0.05, 0.1) is 5.56 Å². The summed E-state index contributed by atoms with van der Waals surface area (Å²) in [6, 6.07) is 8.94. The van der Waals surface area contributed by atoms with Crippen LogP contribution in [0.2, 0.25) is 0 Å². The van der Waals surface area contributed by atoms with E-state index in [9.17, 15) is 27.6 Å². The number of H-pyrrole nitrogens is 1. The zero-order chi connectivity index (χ0) is 24.2. The van der Waals surface area contributed by atoms with Crippen molar-refractivity contribution in [3.05, 3.63) is 59.8 Å². The molecule has 1 aromatic heterocycles. The quantitative estimate of drug-likeness (QED) is 0.361. The van der Waals surface area contributed by atoms with Gasteiger partial charge in [-0.3, -0.25) is 10.1 Å². The van der Waals surface area contributed by atoms with Crippen molar-refractivity contribution in [2.45, 2.75) is 6.18 Å². The van der Waals surface area contributed by atoms with Gasteiger partial charge in [-0.25, -0.2) is 14.6 Å². The number of nitrogens with one attached hydrogen (secondary N) is 3. The Balaban J connectivity index is 1.73. The highest BCUT2D eigenvalue weighted by Gasteiger charge is 2.30. The number of halogens is 3. The molecule has 10 nitrogen and oxygen atoms in total. The Morgan fingerprint density at radius 1 is 1.03 bits per heavy atom. The van der Waals surface area contributed by atoms with Crippen LogP contribution in [-0.4, -0.2) is 39.6 Å². The summed E-state index contributed by atoms with van der Waals surface area (Å²) in [4.78, 5) is 41.3. The Labute approximate surface area is 183 Å². The van der Waals surface area contributed by atoms with Gasteiger partial charge >= 0.3 is 18.2 Å². The number of urea groups is 1. The number of hydrogen-bond acceptors (Lipinski definition) is 5. The number of benzene rings is 2. The van der Waals surface area contributed by atoms with Crippen molar-refractivity contribution in [3.8, 4) is 17.1 Å². The summed E-state index contributed by atoms with van der Waals surface area (Å²) >= 11 is 0. The Bertz CT molecular complexity index is 1170. The molecule has 0 bridgehead atoms. The molecule has 3 amide bonds. The maximum Gasteiger partial charge on any atom is 0.416 e. The minimum Gasteiger partial charge on any atom is -0.482 e. The smallest absolute Gasteiger partial charge is 0.416 e. The minimum atomic E-state index is -4.51. The Hall–Kier alpha value is -4.55. The number of nitrogens with two attached hydrogens (primary N) is 1. The van der Waals surface area contributed by atoms with Crippen molar-refractivity contribution in [2.75, 3.05) is 17.2 Å². The summed E-state index contributed by atoms with van der Waals surface area (Å²) in [5, 5.41) is 13.3. The van der Waals surface area contributed by atoms with Gasteiger partial charge in [0.15, 0.2) is 12.3 Å². The lowest BCUT2D eigenvalue weighted by atomic mass is 10.2. The van der Waals surface area contributed by atoms with Crippen molar-refractivity contribution < 1.29 is 37.4 Å². The molecule has 0 spiro atoms. The normalized spacial score (nSPS) is 11.0. The van der Waals surface area contributed by atoms with E-state index in [-0.39, 0.29) is 28.8 Å². The van der Waals surface area contributed by atoms with Crippen LogP contribution >= 0.6 is 0 Å². The zero-order valence-corrected chi connectivity index (χ0v) is 16.6. The first-order chi connectivity index (χ1) is 15.5. The van der Waals surface area contributed by atoms with Gasteiger partial charge in [0.25, 0.3) is 5.91 Å². The van der Waals surface area contributed by atoms with E-state index < -0.39 is 36.3 Å². The van der Waals surface area contributed by atoms with Gasteiger partial charge in [0, 0.05) is 11.3 Å². The van der Waals surface area contributed by atoms with Gasteiger partial charge < -0.3 is 25.9 Å². The van der Waals surface area contributed by atoms with Crippen LogP contribution in [0, 0.1) is 0 Å². The topological polar surface area (TPSA) is 159 Å². The van der Waals surface area contributed by atoms with Crippen molar-refractivity contribution in [1.82, 2.24) is 9.97 Å². The second-order valence-electron chi connectivity index (χ2n) is 6.53. The van der Waals surface area contributed by atoms with Gasteiger partial charge in [-0.2, -0.15) is 13.2 Å². The minimum absolute atomic E-state index is 0.0813. The van der Waals surface area contributed by atoms with Crippen LogP contribution in [0.25, 0.3) is 11.4 Å². The molecule has 33 heavy (non-hydrogen) atoms. The monoisotopic (exact) mass is 463 g/mol. The number of carboxylic acid groups (broad SMARTS) is 1. The average molecular weight is 463 g/mol. The van der Waals surface area contributed by atoms with E-state index in [1.807, 2.05) is 0 Å². The lowest BCUT2D eigenvalue weighted by Gasteiger charge is -2.09. The molecule has 0 fully saturated rings. The molecule has 3 aromatic rings. The number of aliphatic carboxylic acids is 1. The third-order valence-electron chi connectivity index (χ3n) is 4.14. The van der Waals surface area contributed by atoms with Gasteiger partial charge in [-0.1, -0.05) is 0 Å². The Kier molecular flexibility index (Phi) is 6.51. The van der Waals surface area contributed by atoms with Crippen LogP contribution in [0.1, 0.15) is 16.1 Å². The summed E-state index contributed by atoms with van der Waals surface area (Å²) in [6.45, 7) is -0.520. The van der Waals surface area contributed by atoms with Crippen LogP contribution in [0.4, 0.5) is 29.5 Å². The molecule has 0 aliphatic carbocycles. The Morgan fingerprint density at radius 2 is 1.67 bits per heavy atom. The van der Waals surface area contributed by atoms with Crippen molar-refractivity contribution in [1.29, 1.82) is 0 Å². The highest BCUT2D eigenvalue weighted by Crippen LogP contribution is 2.30. The molecular formula is C20H16F3N5O5. The lowest BCUT2D eigenvalue weighted by molar-refractivity contribution is -0.139. The fourth-order valence-electron chi connectivity index (χ4n) is 2.65. The van der Waals surface area contributed by atoms with E-state index >= 15 is 0 Å². The maximum absolute atomic E-state index is 12.6. The fourth-order valence-corrected chi connectivity index (χ4v) is 2.65. The SMILES string of the molecule is NC(=O)c1nc(-c2ccc(OCC(=O)O)cc2)[nH]c1NC(=O)Nc1ccc(C(F)(F)F)cc1. The molecule has 0 radical (unpaired) electrons. The van der Waals surface area contributed by atoms with E-state index in [4.69, 9.17) is 15.6 Å². The number of alkyl halides is 3. The highest BCUT2D eigenvalue weighted by atomic mass is 19.4. The van der Waals surface area contributed by atoms with Crippen LogP contribution < -0.4 is 21.1 Å². The van der Waals surface area contributed by atoms with Crippen molar-refractivity contribution in [3.63, 3.8) is 0 Å². The second-order valence-corrected chi connectivity index (χ2v) is 6.53. The number of hydrogen-bond donors (Lipinski definition) is 5. The van der Waals surface area contributed by atoms with E-state index in [1.54, 1.807) is 0 Å². The molecule has 1 heterocycles. The number of primary amides is 1. The number of ether oxygens (including phenoxy) is 1. The third kappa shape index (κ3) is 6.00. The van der Waals surface area contributed by atoms with E-state index in [0.717, 1.165) is 24.3 Å². The van der Waals surface area contributed by atoms with Crippen LogP contribution in [0.3, 0.4) is 0 Å². The number of nitrogens with zero attached hydrogens (tertiary/aromatic N) is 1. The van der Waals surface area contributed by atoms with Gasteiger partial charge in [-0.05, 0) is 48.5 Å². The molecule has 0 saturated carbocycles.